The lowest BCUT2D eigenvalue weighted by Gasteiger charge is -2.27. The van der Waals surface area contributed by atoms with E-state index in [0.29, 0.717) is 12.0 Å². The summed E-state index contributed by atoms with van der Waals surface area (Å²) in [6.07, 6.45) is -4.95. The van der Waals surface area contributed by atoms with Crippen LogP contribution in [0.2, 0.25) is 0 Å². The fourth-order valence-corrected chi connectivity index (χ4v) is 3.94. The lowest BCUT2D eigenvalue weighted by molar-refractivity contribution is -0.202. The Morgan fingerprint density at radius 1 is 1.34 bits per heavy atom. The second-order valence-corrected chi connectivity index (χ2v) is 7.80. The zero-order chi connectivity index (χ0) is 23.6. The van der Waals surface area contributed by atoms with Crippen LogP contribution in [-0.2, 0) is 14.4 Å². The molecule has 0 spiro atoms. The molecule has 4 atom stereocenters. The minimum atomic E-state index is -4.84. The third kappa shape index (κ3) is 5.06. The summed E-state index contributed by atoms with van der Waals surface area (Å²) >= 11 is 0. The number of likely N-dealkylation sites (tertiary alicyclic amines) is 1. The van der Waals surface area contributed by atoms with Crippen molar-refractivity contribution in [2.75, 3.05) is 25.5 Å². The Balaban J connectivity index is 1.65. The number of aliphatic hydroxyl groups is 1. The van der Waals surface area contributed by atoms with Crippen LogP contribution in [0, 0.1) is 5.92 Å². The third-order valence-corrected chi connectivity index (χ3v) is 5.57. The molecule has 2 aliphatic rings. The van der Waals surface area contributed by atoms with Crippen LogP contribution in [0.3, 0.4) is 0 Å². The van der Waals surface area contributed by atoms with Gasteiger partial charge in [0, 0.05) is 31.8 Å². The quantitative estimate of drug-likeness (QED) is 0.492. The fraction of sp³-hybridized carbons (Fsp3) is 0.550. The Morgan fingerprint density at radius 3 is 2.69 bits per heavy atom. The lowest BCUT2D eigenvalue weighted by atomic mass is 10.1. The third-order valence-electron chi connectivity index (χ3n) is 5.57. The smallest absolute Gasteiger partial charge is 0.382 e. The van der Waals surface area contributed by atoms with Crippen molar-refractivity contribution in [3.63, 3.8) is 0 Å². The number of rotatable bonds is 8. The number of anilines is 1. The van der Waals surface area contributed by atoms with Crippen molar-refractivity contribution in [3.8, 4) is 0 Å². The number of piperidine rings is 1. The van der Waals surface area contributed by atoms with Crippen molar-refractivity contribution < 1.29 is 32.7 Å². The summed E-state index contributed by atoms with van der Waals surface area (Å²) < 4.78 is 37.4. The van der Waals surface area contributed by atoms with Gasteiger partial charge in [-0.1, -0.05) is 0 Å². The number of halogens is 3. The van der Waals surface area contributed by atoms with Gasteiger partial charge in [-0.05, 0) is 30.9 Å². The maximum absolute atomic E-state index is 12.9. The first-order valence-electron chi connectivity index (χ1n) is 10.0. The van der Waals surface area contributed by atoms with E-state index in [-0.39, 0.29) is 35.8 Å². The number of amides is 2. The van der Waals surface area contributed by atoms with Gasteiger partial charge in [-0.15, -0.1) is 0 Å². The van der Waals surface area contributed by atoms with Crippen LogP contribution in [0.25, 0.3) is 0 Å². The number of pyridine rings is 1. The Hall–Kier alpha value is -3.02. The topological polar surface area (TPSA) is 124 Å². The molecular weight excluding hydrogens is 431 g/mol. The van der Waals surface area contributed by atoms with Crippen LogP contribution in [0.4, 0.5) is 19.0 Å². The van der Waals surface area contributed by atoms with Gasteiger partial charge in [0.25, 0.3) is 0 Å². The Morgan fingerprint density at radius 2 is 2.06 bits per heavy atom. The molecule has 1 aliphatic heterocycles. The fourth-order valence-electron chi connectivity index (χ4n) is 3.94. The molecule has 0 radical (unpaired) electrons. The molecule has 9 nitrogen and oxygen atoms in total. The molecule has 1 aliphatic carbocycles. The first-order valence-corrected chi connectivity index (χ1v) is 10.0. The average Bonchev–Trinajstić information content (AvgIpc) is 3.39. The highest BCUT2D eigenvalue weighted by Crippen LogP contribution is 2.47. The minimum Gasteiger partial charge on any atom is -0.382 e. The van der Waals surface area contributed by atoms with Gasteiger partial charge in [0.1, 0.15) is 17.6 Å². The van der Waals surface area contributed by atoms with E-state index in [2.05, 4.69) is 20.6 Å². The van der Waals surface area contributed by atoms with E-state index in [4.69, 9.17) is 5.11 Å². The number of carbonyl (C=O) groups is 3. The molecule has 1 saturated carbocycles. The zero-order valence-corrected chi connectivity index (χ0v) is 17.5. The molecule has 3 N–H and O–H groups in total. The highest BCUT2D eigenvalue weighted by molar-refractivity contribution is 6.46. The number of aliphatic imine (C=N–C) groups is 1. The van der Waals surface area contributed by atoms with Crippen molar-refractivity contribution in [2.24, 2.45) is 10.9 Å². The molecule has 32 heavy (non-hydrogen) atoms. The second-order valence-electron chi connectivity index (χ2n) is 7.80. The predicted octanol–water partition coefficient (Wildman–Crippen LogP) is 0.530. The molecule has 2 heterocycles. The van der Waals surface area contributed by atoms with Gasteiger partial charge in [0.15, 0.2) is 11.9 Å². The van der Waals surface area contributed by atoms with E-state index in [1.807, 2.05) is 0 Å². The summed E-state index contributed by atoms with van der Waals surface area (Å²) in [6.45, 7) is 0.160. The van der Waals surface area contributed by atoms with Crippen LogP contribution < -0.4 is 10.6 Å². The first-order chi connectivity index (χ1) is 15.0. The lowest BCUT2D eigenvalue weighted by Crippen LogP contribution is -2.51. The minimum absolute atomic E-state index is 0.129. The molecule has 0 aromatic carbocycles. The summed E-state index contributed by atoms with van der Waals surface area (Å²) in [6, 6.07) is 2.22. The second kappa shape index (κ2) is 9.23. The van der Waals surface area contributed by atoms with Crippen LogP contribution >= 0.6 is 0 Å². The largest absolute Gasteiger partial charge is 0.416 e. The van der Waals surface area contributed by atoms with Crippen LogP contribution in [-0.4, -0.2) is 82.8 Å². The van der Waals surface area contributed by atoms with Crippen molar-refractivity contribution in [3.05, 3.63) is 23.9 Å². The Kier molecular flexibility index (Phi) is 6.82. The number of nitrogens with one attached hydrogen (secondary N) is 2. The molecule has 1 aromatic rings. The maximum Gasteiger partial charge on any atom is 0.416 e. The number of ketones is 1. The van der Waals surface area contributed by atoms with E-state index in [1.165, 1.54) is 25.1 Å². The number of aliphatic hydroxyl groups excluding tert-OH is 1. The number of Topliss-reactive ketones (excluding diaryl/α,β-unsaturated/α-hetero) is 1. The summed E-state index contributed by atoms with van der Waals surface area (Å²) in [5, 5.41) is 14.0. The maximum atomic E-state index is 12.9. The first kappa shape index (κ1) is 23.6. The van der Waals surface area contributed by atoms with Crippen LogP contribution in [0.5, 0.6) is 0 Å². The molecule has 12 heteroatoms. The van der Waals surface area contributed by atoms with Gasteiger partial charge in [-0.3, -0.25) is 19.4 Å². The van der Waals surface area contributed by atoms with Gasteiger partial charge in [-0.25, -0.2) is 4.98 Å². The Bertz CT molecular complexity index is 936. The summed E-state index contributed by atoms with van der Waals surface area (Å²) in [5.74, 6) is -1.01. The highest BCUT2D eigenvalue weighted by Gasteiger charge is 2.56. The van der Waals surface area contributed by atoms with Crippen LogP contribution in [0.1, 0.15) is 25.3 Å². The van der Waals surface area contributed by atoms with Crippen molar-refractivity contribution in [1.29, 1.82) is 0 Å². The average molecular weight is 455 g/mol. The van der Waals surface area contributed by atoms with Crippen molar-refractivity contribution in [1.82, 2.24) is 15.2 Å². The summed E-state index contributed by atoms with van der Waals surface area (Å²) in [7, 11) is 1.47. The molecule has 1 unspecified atom stereocenters. The number of hydrogen-bond acceptors (Lipinski definition) is 7. The number of hydrogen-bond donors (Lipinski definition) is 3. The van der Waals surface area contributed by atoms with Gasteiger partial charge in [0.05, 0.1) is 13.1 Å². The molecule has 0 bridgehead atoms. The summed E-state index contributed by atoms with van der Waals surface area (Å²) in [4.78, 5) is 46.6. The molecule has 2 amide bonds. The van der Waals surface area contributed by atoms with Gasteiger partial charge in [-0.2, -0.15) is 13.2 Å². The molecule has 1 aromatic heterocycles. The standard InChI is InChI=1S/C20H24F3N5O4/c1-10(29)17(24-2)12-4-3-5-25-18(12)26-9-16(31)28-13-6-11(13)7-14(28)19(32)27-8-15(30)20(21,22)23/h3-5,11,13-15,30H,6-9H2,1-2H3,(H,25,26)(H,27,32)/b24-17-/t11-,13-,14+,15?/m1/s1. The number of aromatic nitrogens is 1. The highest BCUT2D eigenvalue weighted by atomic mass is 19.4. The molecule has 174 valence electrons. The number of fused-ring (bicyclic) bond motifs is 1. The number of nitrogens with zero attached hydrogens (tertiary/aromatic N) is 3. The molecular formula is C20H24F3N5O4. The summed E-state index contributed by atoms with van der Waals surface area (Å²) in [5.41, 5.74) is 0.619. The zero-order valence-electron chi connectivity index (χ0n) is 17.5. The van der Waals surface area contributed by atoms with Crippen LogP contribution in [0.15, 0.2) is 23.3 Å². The number of carbonyl (C=O) groups excluding carboxylic acids is 3. The number of alkyl halides is 3. The molecule has 1 saturated heterocycles. The van der Waals surface area contributed by atoms with E-state index >= 15 is 0 Å². The monoisotopic (exact) mass is 455 g/mol. The van der Waals surface area contributed by atoms with E-state index in [9.17, 15) is 27.6 Å². The van der Waals surface area contributed by atoms with Gasteiger partial charge in [0.2, 0.25) is 11.8 Å². The Labute approximate surface area is 182 Å². The SMILES string of the molecule is C/N=C(/C(C)=O)c1cccnc1NCC(=O)N1[C@@H]2C[C@@H]2C[C@H]1C(=O)NCC(O)C(F)(F)F. The van der Waals surface area contributed by atoms with E-state index < -0.39 is 36.7 Å². The van der Waals surface area contributed by atoms with Crippen molar-refractivity contribution in [2.45, 2.75) is 44.1 Å². The normalized spacial score (nSPS) is 23.4. The van der Waals surface area contributed by atoms with Gasteiger partial charge < -0.3 is 20.6 Å². The van der Waals surface area contributed by atoms with E-state index in [1.54, 1.807) is 12.1 Å². The molecule has 3 rings (SSSR count). The van der Waals surface area contributed by atoms with E-state index in [0.717, 1.165) is 6.42 Å². The molecule has 2 fully saturated rings. The van der Waals surface area contributed by atoms with Crippen molar-refractivity contribution >= 4 is 29.1 Å². The predicted molar refractivity (Wildman–Crippen MR) is 108 cm³/mol. The van der Waals surface area contributed by atoms with Gasteiger partial charge >= 0.3 is 6.18 Å².